The molecule has 180 valence electrons. The molecular weight excluding hydrogens is 456 g/mol. The van der Waals surface area contributed by atoms with E-state index in [-0.39, 0.29) is 24.2 Å². The van der Waals surface area contributed by atoms with Gasteiger partial charge in [0.15, 0.2) is 0 Å². The molecule has 0 bridgehead atoms. The number of carboxylic acid groups (broad SMARTS) is 2. The molecule has 0 unspecified atom stereocenters. The Morgan fingerprint density at radius 3 is 2.42 bits per heavy atom. The lowest BCUT2D eigenvalue weighted by molar-refractivity contribution is -0.139. The molecule has 0 aliphatic carbocycles. The van der Waals surface area contributed by atoms with Crippen molar-refractivity contribution in [1.82, 2.24) is 10.6 Å². The van der Waals surface area contributed by atoms with Gasteiger partial charge in [0.05, 0.1) is 0 Å². The Hall–Kier alpha value is -3.58. The number of rotatable bonds is 9. The van der Waals surface area contributed by atoms with Gasteiger partial charge in [-0.05, 0) is 31.0 Å². The molecule has 0 fully saturated rings. The van der Waals surface area contributed by atoms with Crippen LogP contribution in [0, 0.1) is 6.92 Å². The van der Waals surface area contributed by atoms with Gasteiger partial charge in [-0.25, -0.2) is 4.79 Å². The van der Waals surface area contributed by atoms with Crippen molar-refractivity contribution in [2.45, 2.75) is 31.8 Å². The first-order chi connectivity index (χ1) is 15.4. The Morgan fingerprint density at radius 1 is 1.18 bits per heavy atom. The van der Waals surface area contributed by atoms with Gasteiger partial charge in [-0.2, -0.15) is 12.6 Å². The average molecular weight is 483 g/mol. The molecule has 8 N–H and O–H groups in total. The number of hydrogen-bond acceptors (Lipinski definition) is 9. The number of carbonyl (C=O) groups is 4. The smallest absolute Gasteiger partial charge is 0.336 e. The monoisotopic (exact) mass is 482 g/mol. The maximum absolute atomic E-state index is 11.5. The van der Waals surface area contributed by atoms with Crippen LogP contribution >= 0.6 is 12.6 Å². The van der Waals surface area contributed by atoms with Gasteiger partial charge in [0.25, 0.3) is 0 Å². The molecule has 2 atom stereocenters. The van der Waals surface area contributed by atoms with Crippen molar-refractivity contribution in [2.75, 3.05) is 18.0 Å². The molecule has 2 amide bonds. The van der Waals surface area contributed by atoms with Crippen LogP contribution in [0.5, 0.6) is 0 Å². The van der Waals surface area contributed by atoms with Crippen LogP contribution < -0.4 is 27.7 Å². The Kier molecular flexibility index (Phi) is 10.9. The third-order valence-corrected chi connectivity index (χ3v) is 4.59. The molecule has 0 aliphatic rings. The molecular formula is C20H26N4O8S. The summed E-state index contributed by atoms with van der Waals surface area (Å²) in [4.78, 5) is 54.8. The van der Waals surface area contributed by atoms with Crippen molar-refractivity contribution in [1.29, 1.82) is 0 Å². The van der Waals surface area contributed by atoms with E-state index in [0.29, 0.717) is 11.3 Å². The summed E-state index contributed by atoms with van der Waals surface area (Å²) in [5.41, 5.74) is 12.5. The summed E-state index contributed by atoms with van der Waals surface area (Å²) in [7, 11) is 0. The Morgan fingerprint density at radius 2 is 1.85 bits per heavy atom. The number of fused-ring (bicyclic) bond motifs is 1. The van der Waals surface area contributed by atoms with E-state index < -0.39 is 42.4 Å². The molecule has 1 aromatic carbocycles. The normalized spacial score (nSPS) is 12.1. The number of nitrogens with one attached hydrogen (secondary N) is 2. The third kappa shape index (κ3) is 9.62. The second-order valence-corrected chi connectivity index (χ2v) is 7.27. The van der Waals surface area contributed by atoms with E-state index in [1.807, 2.05) is 13.0 Å². The topological polar surface area (TPSA) is 215 Å². The van der Waals surface area contributed by atoms with Crippen molar-refractivity contribution in [3.63, 3.8) is 0 Å². The minimum Gasteiger partial charge on any atom is -0.480 e. The maximum atomic E-state index is 11.5. The molecule has 0 aliphatic heterocycles. The van der Waals surface area contributed by atoms with Gasteiger partial charge in [-0.3, -0.25) is 19.2 Å². The zero-order valence-electron chi connectivity index (χ0n) is 17.7. The van der Waals surface area contributed by atoms with Crippen LogP contribution in [0.4, 0.5) is 5.69 Å². The first-order valence-corrected chi connectivity index (χ1v) is 10.3. The van der Waals surface area contributed by atoms with Crippen LogP contribution in [0.25, 0.3) is 11.0 Å². The van der Waals surface area contributed by atoms with Crippen molar-refractivity contribution in [2.24, 2.45) is 5.73 Å². The fourth-order valence-corrected chi connectivity index (χ4v) is 2.76. The standard InChI is InChI=1S/C10H17N3O6S.C10H9NO2/c11-5(10(18)19)1-2-7(14)13-6(4-20)9(17)12-3-8(15)16;1-6-4-10(12)13-9-5-7(11)2-3-8(6)9/h5-6,20H,1-4,11H2,(H,12,17)(H,13,14)(H,15,16)(H,18,19);2-5H,11H2,1H3/t5-,6-;/m0./s1. The molecule has 13 heteroatoms. The summed E-state index contributed by atoms with van der Waals surface area (Å²) >= 11 is 3.87. The van der Waals surface area contributed by atoms with Gasteiger partial charge >= 0.3 is 17.6 Å². The number of aliphatic carboxylic acids is 2. The molecule has 0 radical (unpaired) electrons. The quantitative estimate of drug-likeness (QED) is 0.138. The minimum absolute atomic E-state index is 0.0256. The van der Waals surface area contributed by atoms with E-state index in [9.17, 15) is 24.0 Å². The van der Waals surface area contributed by atoms with Crippen LogP contribution in [0.3, 0.4) is 0 Å². The molecule has 12 nitrogen and oxygen atoms in total. The predicted molar refractivity (Wildman–Crippen MR) is 123 cm³/mol. The molecule has 0 saturated heterocycles. The number of amides is 2. The lowest BCUT2D eigenvalue weighted by Gasteiger charge is -2.16. The van der Waals surface area contributed by atoms with E-state index >= 15 is 0 Å². The number of nitrogens with two attached hydrogens (primary N) is 2. The first kappa shape index (κ1) is 27.5. The summed E-state index contributed by atoms with van der Waals surface area (Å²) in [5, 5.41) is 22.3. The lowest BCUT2D eigenvalue weighted by Crippen LogP contribution is -2.49. The van der Waals surface area contributed by atoms with Crippen LogP contribution in [-0.4, -0.2) is 58.3 Å². The number of benzene rings is 1. The zero-order valence-corrected chi connectivity index (χ0v) is 18.6. The zero-order chi connectivity index (χ0) is 25.1. The highest BCUT2D eigenvalue weighted by Gasteiger charge is 2.20. The fraction of sp³-hybridized carbons (Fsp3) is 0.350. The molecule has 0 saturated carbocycles. The molecule has 1 aromatic heterocycles. The van der Waals surface area contributed by atoms with Gasteiger partial charge in [-0.15, -0.1) is 0 Å². The van der Waals surface area contributed by atoms with Crippen LogP contribution in [0.1, 0.15) is 18.4 Å². The molecule has 33 heavy (non-hydrogen) atoms. The van der Waals surface area contributed by atoms with E-state index in [0.717, 1.165) is 10.9 Å². The number of aryl methyl sites for hydroxylation is 1. The van der Waals surface area contributed by atoms with Gasteiger partial charge in [-0.1, -0.05) is 0 Å². The molecule has 2 rings (SSSR count). The molecule has 1 heterocycles. The maximum Gasteiger partial charge on any atom is 0.336 e. The summed E-state index contributed by atoms with van der Waals surface area (Å²) < 4.78 is 4.99. The summed E-state index contributed by atoms with van der Waals surface area (Å²) in [6, 6.07) is 4.61. The van der Waals surface area contributed by atoms with Gasteiger partial charge in [0.1, 0.15) is 24.2 Å². The lowest BCUT2D eigenvalue weighted by atomic mass is 10.1. The molecule has 0 spiro atoms. The highest BCUT2D eigenvalue weighted by molar-refractivity contribution is 7.80. The Bertz CT molecular complexity index is 1070. The largest absolute Gasteiger partial charge is 0.480 e. The SMILES string of the molecule is Cc1cc(=O)oc2cc(N)ccc12.N[C@@H](CCC(=O)N[C@@H](CS)C(=O)NCC(=O)O)C(=O)O. The van der Waals surface area contributed by atoms with Gasteiger partial charge in [0.2, 0.25) is 11.8 Å². The number of anilines is 1. The van der Waals surface area contributed by atoms with E-state index in [4.69, 9.17) is 26.1 Å². The van der Waals surface area contributed by atoms with Crippen molar-refractivity contribution in [3.05, 3.63) is 40.2 Å². The predicted octanol–water partition coefficient (Wildman–Crippen LogP) is -0.522. The first-order valence-electron chi connectivity index (χ1n) is 9.62. The fourth-order valence-electron chi connectivity index (χ4n) is 2.50. The van der Waals surface area contributed by atoms with Crippen molar-refractivity contribution in [3.8, 4) is 0 Å². The van der Waals surface area contributed by atoms with Crippen LogP contribution in [-0.2, 0) is 19.2 Å². The molecule has 2 aromatic rings. The second kappa shape index (κ2) is 13.1. The summed E-state index contributed by atoms with van der Waals surface area (Å²) in [6.45, 7) is 1.30. The van der Waals surface area contributed by atoms with Crippen LogP contribution in [0.2, 0.25) is 0 Å². The number of thiol groups is 1. The van der Waals surface area contributed by atoms with E-state index in [1.165, 1.54) is 6.07 Å². The van der Waals surface area contributed by atoms with E-state index in [1.54, 1.807) is 12.1 Å². The van der Waals surface area contributed by atoms with Gasteiger partial charge < -0.3 is 36.7 Å². The average Bonchev–Trinajstić information content (AvgIpc) is 2.73. The second-order valence-electron chi connectivity index (χ2n) is 6.90. The number of nitrogen functional groups attached to an aromatic ring is 1. The van der Waals surface area contributed by atoms with Gasteiger partial charge in [0, 0.05) is 35.4 Å². The Labute approximate surface area is 193 Å². The minimum atomic E-state index is -1.22. The number of carboxylic acids is 2. The highest BCUT2D eigenvalue weighted by atomic mass is 32.1. The van der Waals surface area contributed by atoms with Crippen molar-refractivity contribution < 1.29 is 33.8 Å². The van der Waals surface area contributed by atoms with Crippen molar-refractivity contribution >= 4 is 53.0 Å². The summed E-state index contributed by atoms with van der Waals surface area (Å²) in [6.07, 6.45) is -0.235. The number of carbonyl (C=O) groups excluding carboxylic acids is 2. The third-order valence-electron chi connectivity index (χ3n) is 4.22. The number of hydrogen-bond donors (Lipinski definition) is 7. The summed E-state index contributed by atoms with van der Waals surface area (Å²) in [5.74, 6) is -3.70. The highest BCUT2D eigenvalue weighted by Crippen LogP contribution is 2.18. The van der Waals surface area contributed by atoms with E-state index in [2.05, 4.69) is 23.3 Å². The Balaban J connectivity index is 0.000000357. The van der Waals surface area contributed by atoms with Crippen LogP contribution in [0.15, 0.2) is 33.5 Å².